The minimum Gasteiger partial charge on any atom is -0.497 e. The molecule has 0 N–H and O–H groups in total. The second-order valence-corrected chi connectivity index (χ2v) is 6.23. The van der Waals surface area contributed by atoms with E-state index in [-0.39, 0.29) is 11.9 Å². The number of nitrogens with zero attached hydrogens (tertiary/aromatic N) is 1. The normalized spacial score (nSPS) is 11.4. The number of ether oxygens (including phenoxy) is 3. The lowest BCUT2D eigenvalue weighted by atomic mass is 10.0. The Hall–Kier alpha value is -2.95. The van der Waals surface area contributed by atoms with E-state index in [1.807, 2.05) is 37.3 Å². The molecule has 2 aromatic rings. The molecule has 0 heterocycles. The summed E-state index contributed by atoms with van der Waals surface area (Å²) >= 11 is 0. The van der Waals surface area contributed by atoms with E-state index in [9.17, 15) is 4.79 Å². The molecule has 2 aromatic carbocycles. The Morgan fingerprint density at radius 3 is 2.30 bits per heavy atom. The minimum absolute atomic E-state index is 0.0930. The van der Waals surface area contributed by atoms with E-state index in [0.717, 1.165) is 16.9 Å². The lowest BCUT2D eigenvalue weighted by Crippen LogP contribution is -2.29. The van der Waals surface area contributed by atoms with Gasteiger partial charge in [0, 0.05) is 18.2 Å². The van der Waals surface area contributed by atoms with Gasteiger partial charge in [0.2, 0.25) is 0 Å². The lowest BCUT2D eigenvalue weighted by Gasteiger charge is -2.26. The summed E-state index contributed by atoms with van der Waals surface area (Å²) in [5.41, 5.74) is 2.44. The van der Waals surface area contributed by atoms with Crippen LogP contribution in [0, 0.1) is 0 Å². The SMILES string of the molecule is C=CCc1cc(C(=O)N(C)C(C)c2ccc(OC)cc2)cc(OC)c1OC. The molecule has 0 aliphatic carbocycles. The van der Waals surface area contributed by atoms with Crippen molar-refractivity contribution >= 4 is 5.91 Å². The van der Waals surface area contributed by atoms with E-state index in [1.165, 1.54) is 0 Å². The summed E-state index contributed by atoms with van der Waals surface area (Å²) in [6.07, 6.45) is 2.35. The molecular formula is C22H27NO4. The van der Waals surface area contributed by atoms with Crippen LogP contribution >= 0.6 is 0 Å². The molecule has 0 spiro atoms. The van der Waals surface area contributed by atoms with Crippen LogP contribution in [0.1, 0.15) is 34.5 Å². The molecule has 0 saturated carbocycles. The molecule has 2 rings (SSSR count). The summed E-state index contributed by atoms with van der Waals surface area (Å²) in [6, 6.07) is 11.2. The Morgan fingerprint density at radius 1 is 1.11 bits per heavy atom. The van der Waals surface area contributed by atoms with Crippen molar-refractivity contribution in [2.45, 2.75) is 19.4 Å². The van der Waals surface area contributed by atoms with Crippen LogP contribution in [0.2, 0.25) is 0 Å². The van der Waals surface area contributed by atoms with E-state index in [4.69, 9.17) is 14.2 Å². The van der Waals surface area contributed by atoms with Gasteiger partial charge >= 0.3 is 0 Å². The number of rotatable bonds is 8. The van der Waals surface area contributed by atoms with Gasteiger partial charge in [-0.25, -0.2) is 0 Å². The zero-order valence-corrected chi connectivity index (χ0v) is 16.6. The lowest BCUT2D eigenvalue weighted by molar-refractivity contribution is 0.0742. The van der Waals surface area contributed by atoms with Crippen LogP contribution in [0.5, 0.6) is 17.2 Å². The quantitative estimate of drug-likeness (QED) is 0.652. The first-order valence-electron chi connectivity index (χ1n) is 8.73. The van der Waals surface area contributed by atoms with Gasteiger partial charge in [0.05, 0.1) is 27.4 Å². The van der Waals surface area contributed by atoms with Crippen molar-refractivity contribution in [1.82, 2.24) is 4.90 Å². The predicted molar refractivity (Wildman–Crippen MR) is 107 cm³/mol. The van der Waals surface area contributed by atoms with Gasteiger partial charge in [0.25, 0.3) is 5.91 Å². The van der Waals surface area contributed by atoms with Gasteiger partial charge in [-0.05, 0) is 43.2 Å². The molecule has 0 aromatic heterocycles. The molecule has 27 heavy (non-hydrogen) atoms. The molecule has 0 aliphatic rings. The molecule has 1 amide bonds. The number of benzene rings is 2. The largest absolute Gasteiger partial charge is 0.497 e. The summed E-state index contributed by atoms with van der Waals surface area (Å²) in [4.78, 5) is 14.8. The van der Waals surface area contributed by atoms with Crippen LogP contribution in [0.3, 0.4) is 0 Å². The van der Waals surface area contributed by atoms with Crippen molar-refractivity contribution in [3.8, 4) is 17.2 Å². The number of hydrogen-bond acceptors (Lipinski definition) is 4. The van der Waals surface area contributed by atoms with Gasteiger partial charge in [0.15, 0.2) is 11.5 Å². The second kappa shape index (κ2) is 9.12. The second-order valence-electron chi connectivity index (χ2n) is 6.23. The highest BCUT2D eigenvalue weighted by Gasteiger charge is 2.22. The molecule has 0 bridgehead atoms. The van der Waals surface area contributed by atoms with Gasteiger partial charge in [-0.2, -0.15) is 0 Å². The third-order valence-corrected chi connectivity index (χ3v) is 4.67. The Labute approximate surface area is 161 Å². The van der Waals surface area contributed by atoms with Crippen LogP contribution in [0.25, 0.3) is 0 Å². The van der Waals surface area contributed by atoms with Crippen molar-refractivity contribution < 1.29 is 19.0 Å². The molecular weight excluding hydrogens is 342 g/mol. The van der Waals surface area contributed by atoms with Gasteiger partial charge in [-0.3, -0.25) is 4.79 Å². The Balaban J connectivity index is 2.34. The summed E-state index contributed by atoms with van der Waals surface area (Å²) in [5.74, 6) is 1.85. The number of allylic oxidation sites excluding steroid dienone is 1. The van der Waals surface area contributed by atoms with Crippen molar-refractivity contribution in [2.75, 3.05) is 28.4 Å². The van der Waals surface area contributed by atoms with E-state index in [0.29, 0.717) is 23.5 Å². The van der Waals surface area contributed by atoms with Crippen molar-refractivity contribution in [3.05, 3.63) is 65.7 Å². The summed E-state index contributed by atoms with van der Waals surface area (Å²) in [6.45, 7) is 5.77. The van der Waals surface area contributed by atoms with Gasteiger partial charge < -0.3 is 19.1 Å². The molecule has 0 radical (unpaired) electrons. The number of hydrogen-bond donors (Lipinski definition) is 0. The summed E-state index contributed by atoms with van der Waals surface area (Å²) < 4.78 is 16.1. The highest BCUT2D eigenvalue weighted by atomic mass is 16.5. The monoisotopic (exact) mass is 369 g/mol. The molecule has 5 nitrogen and oxygen atoms in total. The minimum atomic E-state index is -0.0978. The van der Waals surface area contributed by atoms with Crippen LogP contribution < -0.4 is 14.2 Å². The first kappa shape index (κ1) is 20.4. The highest BCUT2D eigenvalue weighted by Crippen LogP contribution is 2.34. The molecule has 0 fully saturated rings. The third-order valence-electron chi connectivity index (χ3n) is 4.67. The predicted octanol–water partition coefficient (Wildman–Crippen LogP) is 4.27. The highest BCUT2D eigenvalue weighted by molar-refractivity contribution is 5.95. The third kappa shape index (κ3) is 4.42. The van der Waals surface area contributed by atoms with Crippen LogP contribution in [0.15, 0.2) is 49.1 Å². The zero-order valence-electron chi connectivity index (χ0n) is 16.6. The Bertz CT molecular complexity index is 799. The fraction of sp³-hybridized carbons (Fsp3) is 0.318. The molecule has 0 aliphatic heterocycles. The summed E-state index contributed by atoms with van der Waals surface area (Å²) in [7, 11) is 6.57. The maximum absolute atomic E-state index is 13.1. The van der Waals surface area contributed by atoms with Crippen molar-refractivity contribution in [1.29, 1.82) is 0 Å². The average molecular weight is 369 g/mol. The van der Waals surface area contributed by atoms with Gasteiger partial charge in [-0.15, -0.1) is 6.58 Å². The number of amides is 1. The van der Waals surface area contributed by atoms with E-state index in [2.05, 4.69) is 6.58 Å². The maximum atomic E-state index is 13.1. The topological polar surface area (TPSA) is 48.0 Å². The first-order valence-corrected chi connectivity index (χ1v) is 8.73. The van der Waals surface area contributed by atoms with E-state index in [1.54, 1.807) is 45.4 Å². The molecule has 0 saturated heterocycles. The van der Waals surface area contributed by atoms with Crippen molar-refractivity contribution in [3.63, 3.8) is 0 Å². The molecule has 1 unspecified atom stereocenters. The Kier molecular flexibility index (Phi) is 6.88. The average Bonchev–Trinajstić information content (AvgIpc) is 2.71. The van der Waals surface area contributed by atoms with E-state index < -0.39 is 0 Å². The zero-order chi connectivity index (χ0) is 20.0. The van der Waals surface area contributed by atoms with Gasteiger partial charge in [-0.1, -0.05) is 18.2 Å². The molecule has 144 valence electrons. The number of methoxy groups -OCH3 is 3. The molecule has 1 atom stereocenters. The summed E-state index contributed by atoms with van der Waals surface area (Å²) in [5, 5.41) is 0. The van der Waals surface area contributed by atoms with Crippen molar-refractivity contribution in [2.24, 2.45) is 0 Å². The number of carbonyl (C=O) groups excluding carboxylic acids is 1. The van der Waals surface area contributed by atoms with Crippen LogP contribution in [0.4, 0.5) is 0 Å². The fourth-order valence-corrected chi connectivity index (χ4v) is 2.96. The van der Waals surface area contributed by atoms with Gasteiger partial charge in [0.1, 0.15) is 5.75 Å². The number of carbonyl (C=O) groups is 1. The maximum Gasteiger partial charge on any atom is 0.254 e. The van der Waals surface area contributed by atoms with E-state index >= 15 is 0 Å². The Morgan fingerprint density at radius 2 is 1.78 bits per heavy atom. The first-order chi connectivity index (χ1) is 13.0. The van der Waals surface area contributed by atoms with Crippen LogP contribution in [-0.4, -0.2) is 39.2 Å². The standard InChI is InChI=1S/C22H27NO4/c1-7-8-17-13-18(14-20(26-5)21(17)27-6)22(24)23(3)15(2)16-9-11-19(25-4)12-10-16/h7,9-15H,1,8H2,2-6H3. The molecule has 5 heteroatoms. The van der Waals surface area contributed by atoms with Crippen LogP contribution in [-0.2, 0) is 6.42 Å². The fourth-order valence-electron chi connectivity index (χ4n) is 2.96. The smallest absolute Gasteiger partial charge is 0.254 e.